The third kappa shape index (κ3) is 19.3. The molecule has 0 aromatic rings. The molecule has 0 bridgehead atoms. The van der Waals surface area contributed by atoms with Gasteiger partial charge in [0.05, 0.1) is 5.76 Å². The molecule has 0 aliphatic rings. The second kappa shape index (κ2) is 17.1. The summed E-state index contributed by atoms with van der Waals surface area (Å²) >= 11 is 0. The minimum absolute atomic E-state index is 0.280. The van der Waals surface area contributed by atoms with Gasteiger partial charge in [0.2, 0.25) is 0 Å². The molecule has 0 aromatic heterocycles. The summed E-state index contributed by atoms with van der Waals surface area (Å²) in [6.07, 6.45) is 22.6. The van der Waals surface area contributed by atoms with Gasteiger partial charge >= 0.3 is 0 Å². The number of rotatable bonds is 15. The maximum atomic E-state index is 9.15. The first-order valence-corrected chi connectivity index (χ1v) is 11.3. The molecule has 0 saturated carbocycles. The molecule has 0 aliphatic carbocycles. The Morgan fingerprint density at radius 3 is 1.24 bits per heavy atom. The van der Waals surface area contributed by atoms with Gasteiger partial charge in [-0.05, 0) is 99.3 Å². The van der Waals surface area contributed by atoms with Crippen molar-refractivity contribution in [3.63, 3.8) is 0 Å². The highest BCUT2D eigenvalue weighted by Gasteiger charge is 1.95. The summed E-state index contributed by atoms with van der Waals surface area (Å²) in [5.74, 6) is 0.280. The smallest absolute Gasteiger partial charge is 0.0854 e. The fraction of sp³-hybridized carbons (Fsp3) is 0.571. The highest BCUT2D eigenvalue weighted by molar-refractivity contribution is 5.07. The largest absolute Gasteiger partial charge is 0.513 e. The summed E-state index contributed by atoms with van der Waals surface area (Å²) in [6, 6.07) is 0. The quantitative estimate of drug-likeness (QED) is 0.165. The number of hydrogen-bond acceptors (Lipinski definition) is 1. The van der Waals surface area contributed by atoms with Crippen molar-refractivity contribution in [3.8, 4) is 0 Å². The lowest BCUT2D eigenvalue weighted by Gasteiger charge is -2.03. The first kappa shape index (κ1) is 27.2. The van der Waals surface area contributed by atoms with Gasteiger partial charge in [-0.25, -0.2) is 0 Å². The molecule has 0 fully saturated rings. The van der Waals surface area contributed by atoms with Crippen LogP contribution in [0.3, 0.4) is 0 Å². The molecule has 1 heteroatoms. The van der Waals surface area contributed by atoms with Crippen molar-refractivity contribution in [2.24, 2.45) is 0 Å². The minimum Gasteiger partial charge on any atom is -0.513 e. The molecule has 0 spiro atoms. The van der Waals surface area contributed by atoms with E-state index in [9.17, 15) is 0 Å². The second-order valence-electron chi connectivity index (χ2n) is 8.74. The Morgan fingerprint density at radius 1 is 0.517 bits per heavy atom. The molecule has 1 nitrogen and oxygen atoms in total. The average molecular weight is 399 g/mol. The molecule has 0 atom stereocenters. The van der Waals surface area contributed by atoms with Crippen LogP contribution in [0.5, 0.6) is 0 Å². The summed E-state index contributed by atoms with van der Waals surface area (Å²) in [6.45, 7) is 16.8. The van der Waals surface area contributed by atoms with Gasteiger partial charge in [0.25, 0.3) is 0 Å². The summed E-state index contributed by atoms with van der Waals surface area (Å²) < 4.78 is 0. The van der Waals surface area contributed by atoms with E-state index in [2.05, 4.69) is 78.5 Å². The van der Waals surface area contributed by atoms with Crippen molar-refractivity contribution in [1.29, 1.82) is 0 Å². The van der Waals surface area contributed by atoms with Crippen molar-refractivity contribution in [1.82, 2.24) is 0 Å². The third-order valence-corrected chi connectivity index (χ3v) is 5.11. The number of unbranched alkanes of at least 4 members (excludes halogenated alkanes) is 1. The van der Waals surface area contributed by atoms with Gasteiger partial charge in [-0.15, -0.1) is 0 Å². The molecule has 0 radical (unpaired) electrons. The maximum Gasteiger partial charge on any atom is 0.0854 e. The van der Waals surface area contributed by atoms with Crippen LogP contribution in [0.15, 0.2) is 70.6 Å². The zero-order chi connectivity index (χ0) is 22.1. The predicted octanol–water partition coefficient (Wildman–Crippen LogP) is 9.71. The third-order valence-electron chi connectivity index (χ3n) is 5.11. The van der Waals surface area contributed by atoms with Crippen molar-refractivity contribution < 1.29 is 5.11 Å². The fourth-order valence-corrected chi connectivity index (χ4v) is 3.09. The van der Waals surface area contributed by atoms with Crippen molar-refractivity contribution in [2.75, 3.05) is 0 Å². The Bertz CT molecular complexity index is 619. The lowest BCUT2D eigenvalue weighted by molar-refractivity contribution is 0.391. The summed E-state index contributed by atoms with van der Waals surface area (Å²) in [5, 5.41) is 9.15. The van der Waals surface area contributed by atoms with E-state index < -0.39 is 0 Å². The van der Waals surface area contributed by atoms with Gasteiger partial charge in [0, 0.05) is 6.42 Å². The average Bonchev–Trinajstić information content (AvgIpc) is 2.63. The van der Waals surface area contributed by atoms with Gasteiger partial charge in [-0.2, -0.15) is 0 Å². The normalized spacial score (nSPS) is 13.6. The van der Waals surface area contributed by atoms with Crippen molar-refractivity contribution in [2.45, 2.75) is 106 Å². The molecule has 29 heavy (non-hydrogen) atoms. The summed E-state index contributed by atoms with van der Waals surface area (Å²) in [5.41, 5.74) is 7.25. The highest BCUT2D eigenvalue weighted by Crippen LogP contribution is 2.14. The molecule has 0 aliphatic heterocycles. The Morgan fingerprint density at radius 2 is 0.862 bits per heavy atom. The number of hydrogen-bond donors (Lipinski definition) is 1. The molecule has 0 heterocycles. The number of allylic oxidation sites excluding steroid dienone is 11. The zero-order valence-electron chi connectivity index (χ0n) is 20.1. The van der Waals surface area contributed by atoms with E-state index in [-0.39, 0.29) is 5.76 Å². The zero-order valence-corrected chi connectivity index (χ0v) is 20.1. The van der Waals surface area contributed by atoms with Crippen LogP contribution in [0.2, 0.25) is 0 Å². The summed E-state index contributed by atoms with van der Waals surface area (Å²) in [4.78, 5) is 0. The van der Waals surface area contributed by atoms with E-state index in [4.69, 9.17) is 5.11 Å². The highest BCUT2D eigenvalue weighted by atomic mass is 16.3. The van der Waals surface area contributed by atoms with Crippen LogP contribution in [0.25, 0.3) is 0 Å². The Labute approximate surface area is 181 Å². The van der Waals surface area contributed by atoms with Gasteiger partial charge in [0.1, 0.15) is 0 Å². The van der Waals surface area contributed by atoms with Gasteiger partial charge < -0.3 is 5.11 Å². The summed E-state index contributed by atoms with van der Waals surface area (Å²) in [7, 11) is 0. The Kier molecular flexibility index (Phi) is 16.1. The van der Waals surface area contributed by atoms with E-state index in [0.717, 1.165) is 38.5 Å². The van der Waals surface area contributed by atoms with E-state index in [1.54, 1.807) is 0 Å². The fourth-order valence-electron chi connectivity index (χ4n) is 3.09. The monoisotopic (exact) mass is 398 g/mol. The lowest BCUT2D eigenvalue weighted by Crippen LogP contribution is -1.83. The van der Waals surface area contributed by atoms with Crippen LogP contribution in [0.4, 0.5) is 0 Å². The maximum absolute atomic E-state index is 9.15. The molecule has 0 aromatic carbocycles. The molecule has 0 amide bonds. The van der Waals surface area contributed by atoms with Crippen LogP contribution in [0.1, 0.15) is 106 Å². The van der Waals surface area contributed by atoms with Crippen LogP contribution < -0.4 is 0 Å². The van der Waals surface area contributed by atoms with Gasteiger partial charge in [-0.1, -0.05) is 64.8 Å². The van der Waals surface area contributed by atoms with Crippen molar-refractivity contribution >= 4 is 0 Å². The predicted molar refractivity (Wildman–Crippen MR) is 132 cm³/mol. The Balaban J connectivity index is 4.04. The SMILES string of the molecule is C=C(O)CC/C(C)=C/CC/C(C)=C/CC/C=C(\C)CC/C=C(\C)CCC=C(C)C. The molecule has 0 saturated heterocycles. The number of aliphatic hydroxyl groups is 1. The molecule has 0 unspecified atom stereocenters. The van der Waals surface area contributed by atoms with Crippen LogP contribution in [0, 0.1) is 0 Å². The molecular weight excluding hydrogens is 352 g/mol. The second-order valence-corrected chi connectivity index (χ2v) is 8.74. The van der Waals surface area contributed by atoms with Crippen LogP contribution in [-0.2, 0) is 0 Å². The molecule has 0 rings (SSSR count). The van der Waals surface area contributed by atoms with E-state index in [1.807, 2.05) is 0 Å². The topological polar surface area (TPSA) is 20.2 Å². The Hall–Kier alpha value is -1.76. The van der Waals surface area contributed by atoms with Crippen LogP contribution >= 0.6 is 0 Å². The first-order chi connectivity index (χ1) is 13.7. The van der Waals surface area contributed by atoms with E-state index >= 15 is 0 Å². The minimum atomic E-state index is 0.280. The number of aliphatic hydroxyl groups excluding tert-OH is 1. The first-order valence-electron chi connectivity index (χ1n) is 11.3. The van der Waals surface area contributed by atoms with E-state index in [0.29, 0.717) is 6.42 Å². The molecule has 1 N–H and O–H groups in total. The molecular formula is C28H46O. The van der Waals surface area contributed by atoms with Gasteiger partial charge in [-0.3, -0.25) is 0 Å². The van der Waals surface area contributed by atoms with E-state index in [1.165, 1.54) is 47.1 Å². The van der Waals surface area contributed by atoms with Gasteiger partial charge in [0.15, 0.2) is 0 Å². The lowest BCUT2D eigenvalue weighted by atomic mass is 10.0. The van der Waals surface area contributed by atoms with Crippen molar-refractivity contribution in [3.05, 3.63) is 70.6 Å². The molecule has 164 valence electrons. The standard InChI is InChI=1S/C28H46O/c1-23(2)13-10-16-26(5)19-11-17-24(3)14-8-9-15-25(4)18-12-20-27(6)21-22-28(7)29/h13-15,19-20,29H,7-12,16-18,21-22H2,1-6H3/b24-14+,25-15+,26-19+,27-20+. The van der Waals surface area contributed by atoms with Crippen LogP contribution in [-0.4, -0.2) is 5.11 Å².